The summed E-state index contributed by atoms with van der Waals surface area (Å²) in [5, 5.41) is 10.6. The van der Waals surface area contributed by atoms with Crippen LogP contribution in [0.5, 0.6) is 17.2 Å². The first-order valence-corrected chi connectivity index (χ1v) is 11.2. The number of carbonyl (C=O) groups is 1. The number of phenols is 1. The molecule has 0 bridgehead atoms. The summed E-state index contributed by atoms with van der Waals surface area (Å²) in [6, 6.07) is 11.1. The summed E-state index contributed by atoms with van der Waals surface area (Å²) < 4.78 is 12.1. The fraction of sp³-hybridized carbons (Fsp3) is 0.346. The molecule has 1 atom stereocenters. The molecule has 6 nitrogen and oxygen atoms in total. The summed E-state index contributed by atoms with van der Waals surface area (Å²) in [7, 11) is 0. The van der Waals surface area contributed by atoms with Crippen molar-refractivity contribution in [1.29, 1.82) is 0 Å². The molecule has 0 unspecified atom stereocenters. The first kappa shape index (κ1) is 20.8. The van der Waals surface area contributed by atoms with Crippen molar-refractivity contribution in [2.75, 3.05) is 32.7 Å². The number of para-hydroxylation sites is 1. The smallest absolute Gasteiger partial charge is 0.231 e. The van der Waals surface area contributed by atoms with Crippen LogP contribution >= 0.6 is 0 Å². The molecule has 0 amide bonds. The maximum absolute atomic E-state index is 13.1. The van der Waals surface area contributed by atoms with E-state index in [1.54, 1.807) is 18.2 Å². The lowest BCUT2D eigenvalue weighted by Crippen LogP contribution is -2.45. The average Bonchev–Trinajstić information content (AvgIpc) is 3.12. The van der Waals surface area contributed by atoms with Crippen molar-refractivity contribution < 1.29 is 19.4 Å². The lowest BCUT2D eigenvalue weighted by Gasteiger charge is -2.34. The number of fused-ring (bicyclic) bond motifs is 2. The predicted molar refractivity (Wildman–Crippen MR) is 123 cm³/mol. The summed E-state index contributed by atoms with van der Waals surface area (Å²) in [5.41, 5.74) is 3.03. The average molecular weight is 433 g/mol. The van der Waals surface area contributed by atoms with Crippen molar-refractivity contribution in [2.45, 2.75) is 26.5 Å². The summed E-state index contributed by atoms with van der Waals surface area (Å²) in [6.45, 7) is 9.60. The number of ether oxygens (including phenoxy) is 2. The van der Waals surface area contributed by atoms with Gasteiger partial charge in [0.05, 0.1) is 11.1 Å². The second-order valence-corrected chi connectivity index (χ2v) is 8.53. The van der Waals surface area contributed by atoms with E-state index in [0.717, 1.165) is 49.6 Å². The van der Waals surface area contributed by atoms with Crippen molar-refractivity contribution in [1.82, 2.24) is 9.80 Å². The van der Waals surface area contributed by atoms with E-state index in [1.807, 2.05) is 37.3 Å². The van der Waals surface area contributed by atoms with Gasteiger partial charge in [0.15, 0.2) is 5.76 Å². The minimum Gasteiger partial charge on any atom is -0.507 e. The van der Waals surface area contributed by atoms with E-state index >= 15 is 0 Å². The van der Waals surface area contributed by atoms with Crippen LogP contribution in [0.1, 0.15) is 35.3 Å². The van der Waals surface area contributed by atoms with Crippen molar-refractivity contribution in [3.8, 4) is 17.2 Å². The standard InChI is InChI=1S/C26H28N2O4/c1-3-27-10-12-28(13-11-27)16-21-22(29)9-8-20-25(30)24(32-26(20)21)15-19-14-18-6-4-5-7-23(18)31-17(19)2/h4-9,14-15,17,29H,3,10-13,16H2,1-2H3/b24-15-/t17-/m1/s1. The Morgan fingerprint density at radius 3 is 2.62 bits per heavy atom. The van der Waals surface area contributed by atoms with Crippen LogP contribution in [0.2, 0.25) is 0 Å². The molecule has 0 radical (unpaired) electrons. The van der Waals surface area contributed by atoms with Gasteiger partial charge in [-0.2, -0.15) is 0 Å². The summed E-state index contributed by atoms with van der Waals surface area (Å²) in [4.78, 5) is 17.8. The predicted octanol–water partition coefficient (Wildman–Crippen LogP) is 3.85. The maximum atomic E-state index is 13.1. The highest BCUT2D eigenvalue weighted by molar-refractivity contribution is 6.13. The number of carbonyl (C=O) groups excluding carboxylic acids is 1. The van der Waals surface area contributed by atoms with Crippen LogP contribution in [-0.2, 0) is 6.54 Å². The molecule has 0 saturated carbocycles. The molecule has 1 fully saturated rings. The zero-order chi connectivity index (χ0) is 22.2. The molecule has 3 aliphatic heterocycles. The van der Waals surface area contributed by atoms with Gasteiger partial charge in [0, 0.05) is 38.3 Å². The summed E-state index contributed by atoms with van der Waals surface area (Å²) >= 11 is 0. The molecule has 166 valence electrons. The highest BCUT2D eigenvalue weighted by Gasteiger charge is 2.33. The van der Waals surface area contributed by atoms with Crippen molar-refractivity contribution in [3.05, 3.63) is 70.5 Å². The van der Waals surface area contributed by atoms with E-state index in [4.69, 9.17) is 9.47 Å². The van der Waals surface area contributed by atoms with E-state index in [0.29, 0.717) is 23.4 Å². The minimum absolute atomic E-state index is 0.163. The van der Waals surface area contributed by atoms with E-state index in [-0.39, 0.29) is 23.4 Å². The van der Waals surface area contributed by atoms with Crippen LogP contribution in [0, 0.1) is 0 Å². The number of hydrogen-bond donors (Lipinski definition) is 1. The Kier molecular flexibility index (Phi) is 5.49. The van der Waals surface area contributed by atoms with E-state index in [9.17, 15) is 9.90 Å². The van der Waals surface area contributed by atoms with E-state index in [1.165, 1.54) is 0 Å². The number of piperazine rings is 1. The van der Waals surface area contributed by atoms with Gasteiger partial charge in [-0.1, -0.05) is 25.1 Å². The molecule has 2 aromatic rings. The third kappa shape index (κ3) is 3.80. The van der Waals surface area contributed by atoms with Gasteiger partial charge in [0.2, 0.25) is 5.78 Å². The normalized spacial score (nSPS) is 22.2. The highest BCUT2D eigenvalue weighted by atomic mass is 16.5. The zero-order valence-corrected chi connectivity index (χ0v) is 18.5. The molecule has 1 saturated heterocycles. The Bertz CT molecular complexity index is 1110. The molecule has 5 rings (SSSR count). The van der Waals surface area contributed by atoms with Crippen molar-refractivity contribution >= 4 is 11.9 Å². The zero-order valence-electron chi connectivity index (χ0n) is 18.5. The molecule has 0 aromatic heterocycles. The van der Waals surface area contributed by atoms with E-state index < -0.39 is 0 Å². The molecule has 1 N–H and O–H groups in total. The number of benzene rings is 2. The Balaban J connectivity index is 1.41. The Hall–Kier alpha value is -3.09. The first-order chi connectivity index (χ1) is 15.5. The number of aromatic hydroxyl groups is 1. The van der Waals surface area contributed by atoms with Gasteiger partial charge in [0.25, 0.3) is 0 Å². The fourth-order valence-corrected chi connectivity index (χ4v) is 4.51. The minimum atomic E-state index is -0.194. The molecule has 3 aliphatic rings. The fourth-order valence-electron chi connectivity index (χ4n) is 4.51. The van der Waals surface area contributed by atoms with Gasteiger partial charge in [-0.15, -0.1) is 0 Å². The number of allylic oxidation sites excluding steroid dienone is 1. The SMILES string of the molecule is CCN1CCN(Cc2c(O)ccc3c2O/C(=C\C2=Cc4ccccc4O[C@@H]2C)C3=O)CC1. The maximum Gasteiger partial charge on any atom is 0.231 e. The van der Waals surface area contributed by atoms with Gasteiger partial charge < -0.3 is 19.5 Å². The molecule has 3 heterocycles. The van der Waals surface area contributed by atoms with Gasteiger partial charge in [0.1, 0.15) is 23.4 Å². The number of likely N-dealkylation sites (N-methyl/N-ethyl adjacent to an activating group) is 1. The Morgan fingerprint density at radius 2 is 1.84 bits per heavy atom. The second-order valence-electron chi connectivity index (χ2n) is 8.53. The topological polar surface area (TPSA) is 62.2 Å². The van der Waals surface area contributed by atoms with E-state index in [2.05, 4.69) is 16.7 Å². The molecule has 32 heavy (non-hydrogen) atoms. The van der Waals surface area contributed by atoms with Crippen LogP contribution in [0.4, 0.5) is 0 Å². The number of rotatable bonds is 4. The largest absolute Gasteiger partial charge is 0.507 e. The van der Waals surface area contributed by atoms with Crippen LogP contribution in [-0.4, -0.2) is 59.5 Å². The molecule has 0 spiro atoms. The van der Waals surface area contributed by atoms with Gasteiger partial charge in [-0.3, -0.25) is 9.69 Å². The third-order valence-electron chi connectivity index (χ3n) is 6.52. The lowest BCUT2D eigenvalue weighted by molar-refractivity contribution is 0.101. The Labute approximate surface area is 188 Å². The lowest BCUT2D eigenvalue weighted by atomic mass is 10.0. The van der Waals surface area contributed by atoms with Gasteiger partial charge in [-0.05, 0) is 49.4 Å². The molecule has 2 aromatic carbocycles. The monoisotopic (exact) mass is 432 g/mol. The van der Waals surface area contributed by atoms with Crippen LogP contribution in [0.25, 0.3) is 6.08 Å². The van der Waals surface area contributed by atoms with Gasteiger partial charge >= 0.3 is 0 Å². The summed E-state index contributed by atoms with van der Waals surface area (Å²) in [6.07, 6.45) is 3.60. The van der Waals surface area contributed by atoms with Crippen LogP contribution in [0.15, 0.2) is 53.8 Å². The van der Waals surface area contributed by atoms with Crippen molar-refractivity contribution in [3.63, 3.8) is 0 Å². The van der Waals surface area contributed by atoms with Crippen molar-refractivity contribution in [2.24, 2.45) is 0 Å². The van der Waals surface area contributed by atoms with Crippen LogP contribution < -0.4 is 9.47 Å². The summed E-state index contributed by atoms with van der Waals surface area (Å²) in [5.74, 6) is 1.58. The Morgan fingerprint density at radius 1 is 1.09 bits per heavy atom. The number of phenolic OH excluding ortho intramolecular Hbond substituents is 1. The first-order valence-electron chi connectivity index (χ1n) is 11.2. The number of hydrogen-bond acceptors (Lipinski definition) is 6. The quantitative estimate of drug-likeness (QED) is 0.741. The molecular formula is C26H28N2O4. The highest BCUT2D eigenvalue weighted by Crippen LogP contribution is 2.40. The molecular weight excluding hydrogens is 404 g/mol. The number of nitrogens with zero attached hydrogens (tertiary/aromatic N) is 2. The number of Topliss-reactive ketones (excluding diaryl/α,β-unsaturated/α-hetero) is 1. The second kappa shape index (κ2) is 8.45. The molecule has 6 heteroatoms. The van der Waals surface area contributed by atoms with Crippen LogP contribution in [0.3, 0.4) is 0 Å². The third-order valence-corrected chi connectivity index (χ3v) is 6.52. The molecule has 0 aliphatic carbocycles. The number of ketones is 1. The van der Waals surface area contributed by atoms with Gasteiger partial charge in [-0.25, -0.2) is 0 Å².